The van der Waals surface area contributed by atoms with E-state index in [1.807, 2.05) is 19.1 Å². The van der Waals surface area contributed by atoms with Crippen LogP contribution in [0, 0.1) is 12.3 Å². The molecule has 0 radical (unpaired) electrons. The normalized spacial score (nSPS) is 15.0. The Balaban J connectivity index is 1.52. The number of pyridine rings is 3. The summed E-state index contributed by atoms with van der Waals surface area (Å²) in [6.45, 7) is 8.96. The number of aliphatic carboxylic acids is 1. The second-order valence-corrected chi connectivity index (χ2v) is 9.57. The van der Waals surface area contributed by atoms with E-state index in [1.165, 1.54) is 0 Å². The minimum absolute atomic E-state index is 0.0689. The number of carbonyl (C=O) groups is 1. The molecular weight excluding hydrogens is 444 g/mol. The van der Waals surface area contributed by atoms with Gasteiger partial charge in [0.15, 0.2) is 0 Å². The molecule has 1 aliphatic heterocycles. The van der Waals surface area contributed by atoms with Gasteiger partial charge < -0.3 is 19.5 Å². The van der Waals surface area contributed by atoms with Crippen molar-refractivity contribution in [1.82, 2.24) is 15.0 Å². The largest absolute Gasteiger partial charge is 0.490 e. The number of carboxylic acid groups (broad SMARTS) is 1. The van der Waals surface area contributed by atoms with Crippen LogP contribution in [0.2, 0.25) is 0 Å². The van der Waals surface area contributed by atoms with Crippen LogP contribution in [-0.2, 0) is 11.2 Å². The fourth-order valence-electron chi connectivity index (χ4n) is 4.26. The highest BCUT2D eigenvalue weighted by molar-refractivity contribution is 5.83. The lowest BCUT2D eigenvalue weighted by Gasteiger charge is -2.40. The van der Waals surface area contributed by atoms with Crippen LogP contribution in [0.1, 0.15) is 37.9 Å². The van der Waals surface area contributed by atoms with Crippen molar-refractivity contribution in [1.29, 1.82) is 0 Å². The van der Waals surface area contributed by atoms with Gasteiger partial charge in [0, 0.05) is 48.5 Å². The Morgan fingerprint density at radius 1 is 1.00 bits per heavy atom. The maximum atomic E-state index is 11.7. The Hall–Kier alpha value is -3.68. The van der Waals surface area contributed by atoms with E-state index in [-0.39, 0.29) is 11.8 Å². The van der Waals surface area contributed by atoms with Crippen molar-refractivity contribution in [2.24, 2.45) is 5.41 Å². The predicted molar refractivity (Wildman–Crippen MR) is 134 cm³/mol. The summed E-state index contributed by atoms with van der Waals surface area (Å²) in [6, 6.07) is 7.36. The molecule has 0 bridgehead atoms. The second-order valence-electron chi connectivity index (χ2n) is 9.57. The molecule has 0 aliphatic carbocycles. The van der Waals surface area contributed by atoms with E-state index >= 15 is 0 Å². The molecule has 3 aromatic heterocycles. The number of carboxylic acids is 1. The van der Waals surface area contributed by atoms with Gasteiger partial charge in [-0.3, -0.25) is 19.7 Å². The number of anilines is 1. The Kier molecular flexibility index (Phi) is 7.48. The summed E-state index contributed by atoms with van der Waals surface area (Å²) in [4.78, 5) is 27.1. The minimum Gasteiger partial charge on any atom is -0.490 e. The van der Waals surface area contributed by atoms with Gasteiger partial charge in [-0.05, 0) is 49.4 Å². The van der Waals surface area contributed by atoms with E-state index in [0.29, 0.717) is 19.0 Å². The van der Waals surface area contributed by atoms with E-state index in [2.05, 4.69) is 33.7 Å². The van der Waals surface area contributed by atoms with Crippen LogP contribution >= 0.6 is 0 Å². The number of nitrogens with zero attached hydrogens (tertiary/aromatic N) is 4. The summed E-state index contributed by atoms with van der Waals surface area (Å²) in [5.41, 5.74) is 4.30. The Bertz CT molecular complexity index is 1140. The average molecular weight is 477 g/mol. The number of hydrogen-bond donors (Lipinski definition) is 1. The number of aromatic nitrogens is 3. The third-order valence-electron chi connectivity index (χ3n) is 6.41. The van der Waals surface area contributed by atoms with E-state index in [4.69, 9.17) is 9.47 Å². The zero-order chi connectivity index (χ0) is 24.8. The average Bonchev–Trinajstić information content (AvgIpc) is 2.84. The van der Waals surface area contributed by atoms with Crippen molar-refractivity contribution < 1.29 is 19.4 Å². The zero-order valence-corrected chi connectivity index (χ0v) is 20.5. The monoisotopic (exact) mass is 476 g/mol. The van der Waals surface area contributed by atoms with Gasteiger partial charge in [-0.2, -0.15) is 0 Å². The van der Waals surface area contributed by atoms with Crippen molar-refractivity contribution in [2.75, 3.05) is 31.2 Å². The van der Waals surface area contributed by atoms with Crippen LogP contribution in [0.25, 0.3) is 11.3 Å². The molecule has 1 saturated heterocycles. The van der Waals surface area contributed by atoms with Gasteiger partial charge >= 0.3 is 5.97 Å². The third kappa shape index (κ3) is 6.26. The third-order valence-corrected chi connectivity index (χ3v) is 6.41. The maximum absolute atomic E-state index is 11.7. The highest BCUT2D eigenvalue weighted by Gasteiger charge is 2.29. The molecular formula is C27H32N4O4. The summed E-state index contributed by atoms with van der Waals surface area (Å²) in [6.07, 6.45) is 8.87. The fraction of sp³-hybridized carbons (Fsp3) is 0.407. The van der Waals surface area contributed by atoms with Crippen LogP contribution in [0.4, 0.5) is 5.69 Å². The van der Waals surface area contributed by atoms with Crippen molar-refractivity contribution in [3.05, 3.63) is 60.3 Å². The molecule has 4 heterocycles. The lowest BCUT2D eigenvalue weighted by molar-refractivity contribution is -0.136. The minimum atomic E-state index is -0.865. The van der Waals surface area contributed by atoms with Gasteiger partial charge in [-0.1, -0.05) is 13.8 Å². The molecule has 1 N–H and O–H groups in total. The van der Waals surface area contributed by atoms with Crippen molar-refractivity contribution >= 4 is 11.7 Å². The molecule has 4 rings (SSSR count). The van der Waals surface area contributed by atoms with Crippen LogP contribution in [-0.4, -0.2) is 52.3 Å². The predicted octanol–water partition coefficient (Wildman–Crippen LogP) is 4.56. The summed E-state index contributed by atoms with van der Waals surface area (Å²) in [5.74, 6) is 0.519. The molecule has 1 aliphatic rings. The van der Waals surface area contributed by atoms with Gasteiger partial charge in [0.05, 0.1) is 24.0 Å². The molecule has 3 aromatic rings. The molecule has 0 amide bonds. The topological polar surface area (TPSA) is 97.7 Å². The standard InChI is InChI=1S/C27H32N4O4/c1-19-22(16-25(32)33)26(31-12-8-27(2,3)9-13-31)23(18-29-19)24-5-4-21(17-30-24)35-15-14-34-20-6-10-28-11-7-20/h4-7,10-11,17-18H,8-9,12-16H2,1-3H3,(H,32,33). The maximum Gasteiger partial charge on any atom is 0.307 e. The smallest absolute Gasteiger partial charge is 0.307 e. The van der Waals surface area contributed by atoms with Crippen molar-refractivity contribution in [3.8, 4) is 22.8 Å². The van der Waals surface area contributed by atoms with Gasteiger partial charge in [0.1, 0.15) is 24.7 Å². The molecule has 0 spiro atoms. The SMILES string of the molecule is Cc1ncc(-c2ccc(OCCOc3ccncc3)cn2)c(N2CCC(C)(C)CC2)c1CC(=O)O. The number of hydrogen-bond acceptors (Lipinski definition) is 7. The molecule has 8 heteroatoms. The van der Waals surface area contributed by atoms with Crippen molar-refractivity contribution in [3.63, 3.8) is 0 Å². The lowest BCUT2D eigenvalue weighted by atomic mass is 9.82. The molecule has 0 atom stereocenters. The van der Waals surface area contributed by atoms with Gasteiger partial charge in [0.2, 0.25) is 0 Å². The Morgan fingerprint density at radius 2 is 1.69 bits per heavy atom. The van der Waals surface area contributed by atoms with Crippen LogP contribution in [0.15, 0.2) is 49.1 Å². The first-order valence-corrected chi connectivity index (χ1v) is 11.9. The molecule has 8 nitrogen and oxygen atoms in total. The first-order chi connectivity index (χ1) is 16.8. The molecule has 0 aromatic carbocycles. The number of rotatable bonds is 9. The van der Waals surface area contributed by atoms with Crippen LogP contribution in [0.3, 0.4) is 0 Å². The zero-order valence-electron chi connectivity index (χ0n) is 20.5. The molecule has 35 heavy (non-hydrogen) atoms. The van der Waals surface area contributed by atoms with Gasteiger partial charge in [-0.25, -0.2) is 0 Å². The summed E-state index contributed by atoms with van der Waals surface area (Å²) < 4.78 is 11.4. The first-order valence-electron chi connectivity index (χ1n) is 11.9. The highest BCUT2D eigenvalue weighted by atomic mass is 16.5. The molecule has 0 unspecified atom stereocenters. The van der Waals surface area contributed by atoms with E-state index in [0.717, 1.165) is 59.9 Å². The fourth-order valence-corrected chi connectivity index (χ4v) is 4.26. The van der Waals surface area contributed by atoms with Crippen LogP contribution < -0.4 is 14.4 Å². The second kappa shape index (κ2) is 10.7. The lowest BCUT2D eigenvalue weighted by Crippen LogP contribution is -2.38. The summed E-state index contributed by atoms with van der Waals surface area (Å²) >= 11 is 0. The van der Waals surface area contributed by atoms with Crippen molar-refractivity contribution in [2.45, 2.75) is 40.0 Å². The highest BCUT2D eigenvalue weighted by Crippen LogP contribution is 2.39. The quantitative estimate of drug-likeness (QED) is 0.449. The van der Waals surface area contributed by atoms with Crippen LogP contribution in [0.5, 0.6) is 11.5 Å². The number of aryl methyl sites for hydroxylation is 1. The molecule has 184 valence electrons. The first kappa shape index (κ1) is 24.4. The van der Waals surface area contributed by atoms with E-state index < -0.39 is 5.97 Å². The van der Waals surface area contributed by atoms with Gasteiger partial charge in [0.25, 0.3) is 0 Å². The van der Waals surface area contributed by atoms with Gasteiger partial charge in [-0.15, -0.1) is 0 Å². The Morgan fingerprint density at radius 3 is 2.31 bits per heavy atom. The Labute approximate surface area is 206 Å². The van der Waals surface area contributed by atoms with E-state index in [9.17, 15) is 9.90 Å². The van der Waals surface area contributed by atoms with E-state index in [1.54, 1.807) is 36.9 Å². The summed E-state index contributed by atoms with van der Waals surface area (Å²) in [7, 11) is 0. The molecule has 1 fully saturated rings. The summed E-state index contributed by atoms with van der Waals surface area (Å²) in [5, 5.41) is 9.58. The number of piperidine rings is 1. The molecule has 0 saturated carbocycles. The number of ether oxygens (including phenoxy) is 2.